The molecule has 0 unspecified atom stereocenters. The van der Waals surface area contributed by atoms with Gasteiger partial charge in [-0.15, -0.1) is 0 Å². The number of hydrogen-bond donors (Lipinski definition) is 2. The molecule has 1 aromatic carbocycles. The van der Waals surface area contributed by atoms with E-state index in [2.05, 4.69) is 15.1 Å². The van der Waals surface area contributed by atoms with Crippen LogP contribution in [0.2, 0.25) is 0 Å². The summed E-state index contributed by atoms with van der Waals surface area (Å²) in [5.74, 6) is -1.12. The van der Waals surface area contributed by atoms with E-state index in [9.17, 15) is 19.1 Å². The highest BCUT2D eigenvalue weighted by atomic mass is 19.1. The second-order valence-corrected chi connectivity index (χ2v) is 9.09. The molecule has 2 aliphatic rings. The van der Waals surface area contributed by atoms with Crippen molar-refractivity contribution < 1.29 is 14.3 Å². The van der Waals surface area contributed by atoms with Gasteiger partial charge in [-0.3, -0.25) is 14.5 Å². The van der Waals surface area contributed by atoms with E-state index in [1.54, 1.807) is 22.8 Å². The van der Waals surface area contributed by atoms with Gasteiger partial charge < -0.3 is 19.9 Å². The maximum atomic E-state index is 13.4. The molecule has 0 spiro atoms. The third-order valence-electron chi connectivity index (χ3n) is 6.89. The van der Waals surface area contributed by atoms with Crippen LogP contribution in [0.15, 0.2) is 41.2 Å². The third-order valence-corrected chi connectivity index (χ3v) is 6.89. The Bertz CT molecular complexity index is 1040. The summed E-state index contributed by atoms with van der Waals surface area (Å²) >= 11 is 0. The topological polar surface area (TPSA) is 77.8 Å². The van der Waals surface area contributed by atoms with E-state index in [4.69, 9.17) is 0 Å². The fourth-order valence-electron chi connectivity index (χ4n) is 5.27. The summed E-state index contributed by atoms with van der Waals surface area (Å²) < 4.78 is 15.1. The average Bonchev–Trinajstić information content (AvgIpc) is 2.94. The van der Waals surface area contributed by atoms with Crippen LogP contribution in [0.1, 0.15) is 18.2 Å². The molecule has 3 heterocycles. The fourth-order valence-corrected chi connectivity index (χ4v) is 5.27. The van der Waals surface area contributed by atoms with Crippen LogP contribution in [0.4, 0.5) is 4.39 Å². The Morgan fingerprint density at radius 1 is 1.22 bits per heavy atom. The van der Waals surface area contributed by atoms with Gasteiger partial charge >= 0.3 is 0 Å². The molecule has 4 atom stereocenters. The van der Waals surface area contributed by atoms with Gasteiger partial charge in [0, 0.05) is 42.9 Å². The number of nitrogens with one attached hydrogen (secondary N) is 1. The summed E-state index contributed by atoms with van der Waals surface area (Å²) in [6.07, 6.45) is 0.844. The van der Waals surface area contributed by atoms with Gasteiger partial charge in [0.2, 0.25) is 5.91 Å². The predicted octanol–water partition coefficient (Wildman–Crippen LogP) is 1.32. The van der Waals surface area contributed by atoms with Crippen molar-refractivity contribution in [1.82, 2.24) is 19.7 Å². The molecule has 2 bridgehead atoms. The summed E-state index contributed by atoms with van der Waals surface area (Å²) in [6.45, 7) is 1.74. The van der Waals surface area contributed by atoms with Crippen molar-refractivity contribution in [3.05, 3.63) is 58.3 Å². The number of halogens is 1. The van der Waals surface area contributed by atoms with Crippen molar-refractivity contribution in [3.8, 4) is 11.1 Å². The molecule has 2 N–H and O–H groups in total. The van der Waals surface area contributed by atoms with E-state index in [0.717, 1.165) is 18.7 Å². The van der Waals surface area contributed by atoms with Crippen LogP contribution in [-0.2, 0) is 11.3 Å². The van der Waals surface area contributed by atoms with E-state index in [0.29, 0.717) is 24.2 Å². The third kappa shape index (κ3) is 3.98. The lowest BCUT2D eigenvalue weighted by atomic mass is 9.86. The number of aliphatic hydroxyl groups is 1. The molecule has 172 valence electrons. The van der Waals surface area contributed by atoms with Crippen LogP contribution < -0.4 is 10.9 Å². The SMILES string of the molecule is CN(C)CCCNC(=O)[C@H]1[C@H](CO)[C@H]2Cn3c(ccc(-c4ccc(F)cc4)c3=O)[C@@H]1N2C. The summed E-state index contributed by atoms with van der Waals surface area (Å²) in [5.41, 5.74) is 1.79. The van der Waals surface area contributed by atoms with Crippen molar-refractivity contribution in [2.75, 3.05) is 40.8 Å². The smallest absolute Gasteiger partial charge is 0.258 e. The highest BCUT2D eigenvalue weighted by molar-refractivity contribution is 5.80. The number of pyridine rings is 1. The molecule has 1 fully saturated rings. The van der Waals surface area contributed by atoms with Crippen molar-refractivity contribution in [1.29, 1.82) is 0 Å². The van der Waals surface area contributed by atoms with E-state index in [-0.39, 0.29) is 41.9 Å². The number of rotatable bonds is 7. The summed E-state index contributed by atoms with van der Waals surface area (Å²) in [4.78, 5) is 30.7. The molecule has 1 amide bonds. The minimum absolute atomic E-state index is 0.0781. The number of carbonyl (C=O) groups excluding carboxylic acids is 1. The number of amides is 1. The molecule has 2 aromatic rings. The number of nitrogens with zero attached hydrogens (tertiary/aromatic N) is 3. The van der Waals surface area contributed by atoms with Crippen LogP contribution in [0, 0.1) is 17.7 Å². The van der Waals surface area contributed by atoms with Crippen molar-refractivity contribution >= 4 is 5.91 Å². The zero-order valence-electron chi connectivity index (χ0n) is 18.8. The quantitative estimate of drug-likeness (QED) is 0.633. The summed E-state index contributed by atoms with van der Waals surface area (Å²) in [6, 6.07) is 9.14. The van der Waals surface area contributed by atoms with Crippen LogP contribution in [-0.4, -0.2) is 72.3 Å². The van der Waals surface area contributed by atoms with Gasteiger partial charge in [0.25, 0.3) is 5.56 Å². The average molecular weight is 443 g/mol. The maximum absolute atomic E-state index is 13.4. The number of hydrogen-bond acceptors (Lipinski definition) is 5. The number of likely N-dealkylation sites (N-methyl/N-ethyl adjacent to an activating group) is 1. The van der Waals surface area contributed by atoms with Crippen LogP contribution in [0.25, 0.3) is 11.1 Å². The monoisotopic (exact) mass is 442 g/mol. The maximum Gasteiger partial charge on any atom is 0.258 e. The number of aromatic nitrogens is 1. The molecule has 32 heavy (non-hydrogen) atoms. The Morgan fingerprint density at radius 2 is 1.94 bits per heavy atom. The lowest BCUT2D eigenvalue weighted by Crippen LogP contribution is -2.44. The normalized spacial score (nSPS) is 24.6. The van der Waals surface area contributed by atoms with Gasteiger partial charge in [-0.1, -0.05) is 12.1 Å². The second kappa shape index (κ2) is 9.13. The van der Waals surface area contributed by atoms with Crippen molar-refractivity contribution in [2.24, 2.45) is 11.8 Å². The Kier molecular flexibility index (Phi) is 6.46. The van der Waals surface area contributed by atoms with Gasteiger partial charge in [0.15, 0.2) is 0 Å². The molecule has 0 aliphatic carbocycles. The number of carbonyl (C=O) groups is 1. The molecular formula is C24H31FN4O3. The molecule has 2 aliphatic heterocycles. The number of fused-ring (bicyclic) bond motifs is 4. The first-order chi connectivity index (χ1) is 15.3. The Labute approximate surface area is 187 Å². The molecule has 0 radical (unpaired) electrons. The summed E-state index contributed by atoms with van der Waals surface area (Å²) in [5, 5.41) is 13.2. The van der Waals surface area contributed by atoms with E-state index in [1.165, 1.54) is 12.1 Å². The zero-order valence-corrected chi connectivity index (χ0v) is 18.8. The summed E-state index contributed by atoms with van der Waals surface area (Å²) in [7, 11) is 5.94. The Hall–Kier alpha value is -2.55. The van der Waals surface area contributed by atoms with Crippen molar-refractivity contribution in [2.45, 2.75) is 25.0 Å². The molecule has 4 rings (SSSR count). The minimum atomic E-state index is -0.431. The Balaban J connectivity index is 1.65. The van der Waals surface area contributed by atoms with Crippen LogP contribution in [0.5, 0.6) is 0 Å². The van der Waals surface area contributed by atoms with Crippen molar-refractivity contribution in [3.63, 3.8) is 0 Å². The van der Waals surface area contributed by atoms with E-state index in [1.807, 2.05) is 27.2 Å². The van der Waals surface area contributed by atoms with Gasteiger partial charge in [-0.25, -0.2) is 4.39 Å². The highest BCUT2D eigenvalue weighted by Gasteiger charge is 2.54. The minimum Gasteiger partial charge on any atom is -0.396 e. The predicted molar refractivity (Wildman–Crippen MR) is 121 cm³/mol. The molecule has 8 heteroatoms. The van der Waals surface area contributed by atoms with Crippen LogP contribution in [0.3, 0.4) is 0 Å². The van der Waals surface area contributed by atoms with E-state index < -0.39 is 5.92 Å². The van der Waals surface area contributed by atoms with E-state index >= 15 is 0 Å². The molecular weight excluding hydrogens is 411 g/mol. The van der Waals surface area contributed by atoms with Gasteiger partial charge in [-0.05, 0) is 63.9 Å². The van der Waals surface area contributed by atoms with Gasteiger partial charge in [0.05, 0.1) is 12.0 Å². The first-order valence-corrected chi connectivity index (χ1v) is 11.1. The van der Waals surface area contributed by atoms with Crippen LogP contribution >= 0.6 is 0 Å². The highest BCUT2D eigenvalue weighted by Crippen LogP contribution is 2.47. The largest absolute Gasteiger partial charge is 0.396 e. The lowest BCUT2D eigenvalue weighted by Gasteiger charge is -2.35. The molecule has 0 saturated carbocycles. The fraction of sp³-hybridized carbons (Fsp3) is 0.500. The van der Waals surface area contributed by atoms with Gasteiger partial charge in [0.1, 0.15) is 5.82 Å². The second-order valence-electron chi connectivity index (χ2n) is 9.09. The lowest BCUT2D eigenvalue weighted by molar-refractivity contribution is -0.127. The first kappa shape index (κ1) is 22.6. The first-order valence-electron chi connectivity index (χ1n) is 11.1. The molecule has 1 aromatic heterocycles. The standard InChI is InChI=1S/C24H31FN4O3/c1-27(2)12-4-11-26-23(31)21-18(14-30)20-13-29-19(22(21)28(20)3)10-9-17(24(29)32)15-5-7-16(25)8-6-15/h5-10,18,20-22,30H,4,11-14H2,1-3H3,(H,26,31)/t18-,20-,21+,22+/m1/s1. The number of aliphatic hydroxyl groups excluding tert-OH is 1. The van der Waals surface area contributed by atoms with Gasteiger partial charge in [-0.2, -0.15) is 0 Å². The Morgan fingerprint density at radius 3 is 2.59 bits per heavy atom. The molecule has 1 saturated heterocycles. The zero-order chi connectivity index (χ0) is 23.0. The molecule has 7 nitrogen and oxygen atoms in total. The number of benzene rings is 1.